The van der Waals surface area contributed by atoms with Crippen molar-refractivity contribution in [1.29, 1.82) is 0 Å². The topological polar surface area (TPSA) is 20.3 Å². The number of likely N-dealkylation sites (tertiary alicyclic amines) is 1. The number of ketones is 1. The Balaban J connectivity index is 1.59. The summed E-state index contributed by atoms with van der Waals surface area (Å²) < 4.78 is 0. The minimum absolute atomic E-state index is 0.179. The van der Waals surface area contributed by atoms with E-state index in [2.05, 4.69) is 4.90 Å². The Morgan fingerprint density at radius 1 is 1.14 bits per heavy atom. The number of carbonyl (C=O) groups excluding carboxylic acids is 1. The first-order valence-electron chi connectivity index (χ1n) is 8.27. The summed E-state index contributed by atoms with van der Waals surface area (Å²) in [5.74, 6) is 1.06. The van der Waals surface area contributed by atoms with Gasteiger partial charge >= 0.3 is 0 Å². The zero-order chi connectivity index (χ0) is 14.7. The molecule has 1 aliphatic carbocycles. The Morgan fingerprint density at radius 3 is 2.76 bits per heavy atom. The lowest BCUT2D eigenvalue weighted by atomic mass is 9.78. The molecule has 2 nitrogen and oxygen atoms in total. The number of fused-ring (bicyclic) bond motifs is 1. The predicted octanol–water partition coefficient (Wildman–Crippen LogP) is 4.57. The summed E-state index contributed by atoms with van der Waals surface area (Å²) in [5, 5.41) is 0.580. The summed E-state index contributed by atoms with van der Waals surface area (Å²) >= 11 is 6.12. The second kappa shape index (κ2) is 6.93. The van der Waals surface area contributed by atoms with Crippen molar-refractivity contribution >= 4 is 17.4 Å². The van der Waals surface area contributed by atoms with Crippen LogP contribution in [-0.4, -0.2) is 29.8 Å². The van der Waals surface area contributed by atoms with Crippen molar-refractivity contribution in [2.45, 2.75) is 51.0 Å². The van der Waals surface area contributed by atoms with Gasteiger partial charge in [-0.3, -0.25) is 9.69 Å². The Hall–Kier alpha value is -0.860. The van der Waals surface area contributed by atoms with Crippen LogP contribution in [0.1, 0.15) is 55.3 Å². The van der Waals surface area contributed by atoms with Gasteiger partial charge in [0, 0.05) is 24.6 Å². The van der Waals surface area contributed by atoms with Crippen molar-refractivity contribution in [2.75, 3.05) is 13.1 Å². The first-order chi connectivity index (χ1) is 10.3. The molecule has 3 rings (SSSR count). The maximum Gasteiger partial charge on any atom is 0.165 e. The first-order valence-corrected chi connectivity index (χ1v) is 8.65. The van der Waals surface area contributed by atoms with Gasteiger partial charge in [-0.2, -0.15) is 0 Å². The normalized spacial score (nSPS) is 26.3. The quantitative estimate of drug-likeness (QED) is 0.760. The maximum atomic E-state index is 12.4. The van der Waals surface area contributed by atoms with E-state index in [0.29, 0.717) is 17.0 Å². The molecule has 1 heterocycles. The van der Waals surface area contributed by atoms with Crippen molar-refractivity contribution in [3.05, 3.63) is 34.9 Å². The molecule has 0 spiro atoms. The molecule has 114 valence electrons. The van der Waals surface area contributed by atoms with Crippen LogP contribution in [0.3, 0.4) is 0 Å². The molecule has 1 aromatic carbocycles. The highest BCUT2D eigenvalue weighted by Crippen LogP contribution is 2.35. The number of halogens is 1. The highest BCUT2D eigenvalue weighted by molar-refractivity contribution is 6.33. The number of benzene rings is 1. The van der Waals surface area contributed by atoms with Gasteiger partial charge < -0.3 is 0 Å². The monoisotopic (exact) mass is 305 g/mol. The molecule has 1 saturated carbocycles. The lowest BCUT2D eigenvalue weighted by Crippen LogP contribution is -2.47. The molecule has 1 aliphatic heterocycles. The van der Waals surface area contributed by atoms with Crippen LogP contribution in [0.4, 0.5) is 0 Å². The van der Waals surface area contributed by atoms with Crippen LogP contribution in [-0.2, 0) is 0 Å². The second-order valence-corrected chi connectivity index (χ2v) is 6.85. The molecular formula is C18H24ClNO. The lowest BCUT2D eigenvalue weighted by Gasteiger charge is -2.44. The smallest absolute Gasteiger partial charge is 0.165 e. The number of Topliss-reactive ketones (excluding diaryl/α,β-unsaturated/α-hetero) is 1. The third-order valence-corrected chi connectivity index (χ3v) is 5.49. The van der Waals surface area contributed by atoms with E-state index < -0.39 is 0 Å². The van der Waals surface area contributed by atoms with Crippen molar-refractivity contribution in [3.63, 3.8) is 0 Å². The fraction of sp³-hybridized carbons (Fsp3) is 0.611. The SMILES string of the molecule is O=C(CCN1CCCC2CCCCC21)c1ccccc1Cl. The molecular weight excluding hydrogens is 282 g/mol. The largest absolute Gasteiger partial charge is 0.300 e. The summed E-state index contributed by atoms with van der Waals surface area (Å²) in [4.78, 5) is 14.9. The molecule has 0 amide bonds. The zero-order valence-corrected chi connectivity index (χ0v) is 13.3. The molecule has 1 aromatic rings. The van der Waals surface area contributed by atoms with Crippen molar-refractivity contribution in [2.24, 2.45) is 5.92 Å². The highest BCUT2D eigenvalue weighted by atomic mass is 35.5. The summed E-state index contributed by atoms with van der Waals surface area (Å²) in [6.07, 6.45) is 8.74. The highest BCUT2D eigenvalue weighted by Gasteiger charge is 2.33. The van der Waals surface area contributed by atoms with Gasteiger partial charge in [0.15, 0.2) is 5.78 Å². The van der Waals surface area contributed by atoms with Crippen molar-refractivity contribution in [3.8, 4) is 0 Å². The van der Waals surface area contributed by atoms with E-state index in [-0.39, 0.29) is 5.78 Å². The number of hydrogen-bond donors (Lipinski definition) is 0. The van der Waals surface area contributed by atoms with Crippen LogP contribution in [0, 0.1) is 5.92 Å². The standard InChI is InChI=1S/C18H24ClNO/c19-16-9-3-2-8-15(16)18(21)11-13-20-12-5-7-14-6-1-4-10-17(14)20/h2-3,8-9,14,17H,1,4-7,10-13H2. The van der Waals surface area contributed by atoms with Crippen LogP contribution < -0.4 is 0 Å². The molecule has 2 atom stereocenters. The fourth-order valence-corrected chi connectivity index (χ4v) is 4.31. The van der Waals surface area contributed by atoms with Crippen LogP contribution in [0.25, 0.3) is 0 Å². The van der Waals surface area contributed by atoms with E-state index in [9.17, 15) is 4.79 Å². The molecule has 3 heteroatoms. The molecule has 0 bridgehead atoms. The fourth-order valence-electron chi connectivity index (χ4n) is 4.07. The van der Waals surface area contributed by atoms with Gasteiger partial charge in [-0.15, -0.1) is 0 Å². The van der Waals surface area contributed by atoms with Gasteiger partial charge in [-0.1, -0.05) is 36.6 Å². The summed E-state index contributed by atoms with van der Waals surface area (Å²) in [6, 6.07) is 8.12. The van der Waals surface area contributed by atoms with Gasteiger partial charge in [0.25, 0.3) is 0 Å². The third-order valence-electron chi connectivity index (χ3n) is 5.16. The van der Waals surface area contributed by atoms with Gasteiger partial charge in [0.1, 0.15) is 0 Å². The Morgan fingerprint density at radius 2 is 1.90 bits per heavy atom. The molecule has 2 aliphatic rings. The van der Waals surface area contributed by atoms with Gasteiger partial charge in [-0.05, 0) is 50.3 Å². The van der Waals surface area contributed by atoms with Crippen LogP contribution >= 0.6 is 11.6 Å². The van der Waals surface area contributed by atoms with E-state index >= 15 is 0 Å². The van der Waals surface area contributed by atoms with E-state index in [0.717, 1.165) is 25.0 Å². The van der Waals surface area contributed by atoms with Gasteiger partial charge in [-0.25, -0.2) is 0 Å². The molecule has 2 unspecified atom stereocenters. The minimum atomic E-state index is 0.179. The molecule has 0 N–H and O–H groups in total. The number of carbonyl (C=O) groups is 1. The van der Waals surface area contributed by atoms with Crippen molar-refractivity contribution in [1.82, 2.24) is 4.90 Å². The minimum Gasteiger partial charge on any atom is -0.300 e. The number of piperidine rings is 1. The molecule has 0 aromatic heterocycles. The average Bonchev–Trinajstić information content (AvgIpc) is 2.53. The molecule has 0 radical (unpaired) electrons. The number of rotatable bonds is 4. The molecule has 21 heavy (non-hydrogen) atoms. The lowest BCUT2D eigenvalue weighted by molar-refractivity contribution is 0.0575. The Kier molecular flexibility index (Phi) is 4.97. The Labute approximate surface area is 132 Å². The maximum absolute atomic E-state index is 12.4. The van der Waals surface area contributed by atoms with E-state index in [1.165, 1.54) is 38.5 Å². The summed E-state index contributed by atoms with van der Waals surface area (Å²) in [7, 11) is 0. The van der Waals surface area contributed by atoms with E-state index in [1.807, 2.05) is 18.2 Å². The van der Waals surface area contributed by atoms with E-state index in [1.54, 1.807) is 6.07 Å². The molecule has 1 saturated heterocycles. The predicted molar refractivity (Wildman–Crippen MR) is 87.0 cm³/mol. The van der Waals surface area contributed by atoms with Gasteiger partial charge in [0.05, 0.1) is 5.02 Å². The van der Waals surface area contributed by atoms with Gasteiger partial charge in [0.2, 0.25) is 0 Å². The number of nitrogens with zero attached hydrogens (tertiary/aromatic N) is 1. The third kappa shape index (κ3) is 3.49. The first kappa shape index (κ1) is 15.1. The second-order valence-electron chi connectivity index (χ2n) is 6.44. The van der Waals surface area contributed by atoms with E-state index in [4.69, 9.17) is 11.6 Å². The Bertz CT molecular complexity index is 500. The van der Waals surface area contributed by atoms with Crippen LogP contribution in [0.15, 0.2) is 24.3 Å². The van der Waals surface area contributed by atoms with Crippen LogP contribution in [0.5, 0.6) is 0 Å². The summed E-state index contributed by atoms with van der Waals surface area (Å²) in [5.41, 5.74) is 0.677. The van der Waals surface area contributed by atoms with Crippen LogP contribution in [0.2, 0.25) is 5.02 Å². The molecule has 2 fully saturated rings. The summed E-state index contributed by atoms with van der Waals surface area (Å²) in [6.45, 7) is 2.06. The van der Waals surface area contributed by atoms with Crippen molar-refractivity contribution < 1.29 is 4.79 Å². The average molecular weight is 306 g/mol. The zero-order valence-electron chi connectivity index (χ0n) is 12.6. The number of hydrogen-bond acceptors (Lipinski definition) is 2.